The number of nitrogens with one attached hydrogen (secondary N) is 1. The highest BCUT2D eigenvalue weighted by atomic mass is 19.1. The number of anilines is 1. The SMILES string of the molecule is Cc1nc2c(F)cc(-c3ccn4nc(NC5COC5)ncc34)cc2n1C(C)C. The Bertz CT molecular complexity index is 1190. The fourth-order valence-electron chi connectivity index (χ4n) is 3.79. The average Bonchev–Trinajstić information content (AvgIpc) is 3.18. The molecule has 0 saturated carbocycles. The van der Waals surface area contributed by atoms with Crippen LogP contribution in [0.15, 0.2) is 30.6 Å². The van der Waals surface area contributed by atoms with E-state index in [1.54, 1.807) is 10.7 Å². The molecule has 7 nitrogen and oxygen atoms in total. The quantitative estimate of drug-likeness (QED) is 0.586. The summed E-state index contributed by atoms with van der Waals surface area (Å²) >= 11 is 0. The first-order valence-corrected chi connectivity index (χ1v) is 9.38. The van der Waals surface area contributed by atoms with E-state index in [0.717, 1.165) is 28.0 Å². The minimum atomic E-state index is -0.321. The fourth-order valence-corrected chi connectivity index (χ4v) is 3.79. The van der Waals surface area contributed by atoms with Gasteiger partial charge in [0, 0.05) is 17.8 Å². The van der Waals surface area contributed by atoms with Crippen molar-refractivity contribution < 1.29 is 9.13 Å². The van der Waals surface area contributed by atoms with E-state index in [2.05, 4.69) is 38.8 Å². The summed E-state index contributed by atoms with van der Waals surface area (Å²) in [4.78, 5) is 8.82. The molecule has 8 heteroatoms. The van der Waals surface area contributed by atoms with E-state index in [9.17, 15) is 4.39 Å². The van der Waals surface area contributed by atoms with Crippen LogP contribution >= 0.6 is 0 Å². The minimum Gasteiger partial charge on any atom is -0.377 e. The summed E-state index contributed by atoms with van der Waals surface area (Å²) < 4.78 is 23.8. The number of aromatic nitrogens is 5. The lowest BCUT2D eigenvalue weighted by molar-refractivity contribution is 0.0207. The first kappa shape index (κ1) is 17.1. The van der Waals surface area contributed by atoms with Gasteiger partial charge in [0.1, 0.15) is 11.3 Å². The fraction of sp³-hybridized carbons (Fsp3) is 0.350. The molecule has 0 bridgehead atoms. The maximum absolute atomic E-state index is 14.8. The lowest BCUT2D eigenvalue weighted by atomic mass is 10.1. The second kappa shape index (κ2) is 6.27. The summed E-state index contributed by atoms with van der Waals surface area (Å²) in [6.07, 6.45) is 3.62. The Morgan fingerprint density at radius 2 is 2.07 bits per heavy atom. The Morgan fingerprint density at radius 1 is 1.25 bits per heavy atom. The number of benzene rings is 1. The molecule has 4 aromatic rings. The van der Waals surface area contributed by atoms with Crippen LogP contribution in [0.1, 0.15) is 25.7 Å². The van der Waals surface area contributed by atoms with Crippen LogP contribution in [0.5, 0.6) is 0 Å². The smallest absolute Gasteiger partial charge is 0.241 e. The monoisotopic (exact) mass is 380 g/mol. The van der Waals surface area contributed by atoms with Crippen LogP contribution in [0.4, 0.5) is 10.3 Å². The van der Waals surface area contributed by atoms with Gasteiger partial charge in [0.15, 0.2) is 5.82 Å². The van der Waals surface area contributed by atoms with Gasteiger partial charge in [0.2, 0.25) is 5.95 Å². The zero-order valence-electron chi connectivity index (χ0n) is 16.0. The van der Waals surface area contributed by atoms with Gasteiger partial charge in [0.25, 0.3) is 0 Å². The van der Waals surface area contributed by atoms with Crippen LogP contribution in [0.3, 0.4) is 0 Å². The first-order valence-electron chi connectivity index (χ1n) is 9.38. The highest BCUT2D eigenvalue weighted by Gasteiger charge is 2.20. The molecule has 5 rings (SSSR count). The number of aryl methyl sites for hydroxylation is 1. The molecule has 0 radical (unpaired) electrons. The molecule has 0 amide bonds. The molecule has 0 unspecified atom stereocenters. The third kappa shape index (κ3) is 2.63. The largest absolute Gasteiger partial charge is 0.377 e. The van der Waals surface area contributed by atoms with Gasteiger partial charge in [0.05, 0.1) is 36.5 Å². The van der Waals surface area contributed by atoms with E-state index in [4.69, 9.17) is 4.74 Å². The van der Waals surface area contributed by atoms with Crippen molar-refractivity contribution in [3.05, 3.63) is 42.2 Å². The summed E-state index contributed by atoms with van der Waals surface area (Å²) in [6, 6.07) is 5.91. The normalized spacial score (nSPS) is 14.9. The summed E-state index contributed by atoms with van der Waals surface area (Å²) in [5.41, 5.74) is 3.69. The highest BCUT2D eigenvalue weighted by Crippen LogP contribution is 2.32. The molecule has 3 aromatic heterocycles. The second-order valence-electron chi connectivity index (χ2n) is 7.47. The Kier molecular flexibility index (Phi) is 3.83. The van der Waals surface area contributed by atoms with Crippen molar-refractivity contribution in [1.82, 2.24) is 24.1 Å². The number of fused-ring (bicyclic) bond motifs is 2. The molecular weight excluding hydrogens is 359 g/mol. The van der Waals surface area contributed by atoms with E-state index in [1.165, 1.54) is 6.07 Å². The first-order chi connectivity index (χ1) is 13.5. The van der Waals surface area contributed by atoms with Crippen molar-refractivity contribution in [2.75, 3.05) is 18.5 Å². The molecule has 1 aliphatic heterocycles. The number of nitrogens with zero attached hydrogens (tertiary/aromatic N) is 5. The predicted octanol–water partition coefficient (Wildman–Crippen LogP) is 3.59. The molecule has 28 heavy (non-hydrogen) atoms. The summed E-state index contributed by atoms with van der Waals surface area (Å²) in [5.74, 6) is 1.04. The standard InChI is InChI=1S/C20H21FN6O/c1-11(2)27-12(3)23-19-16(21)6-13(7-17(19)27)15-4-5-26-18(15)8-22-20(25-26)24-14-9-28-10-14/h4-8,11,14H,9-10H2,1-3H3,(H,24,25). The number of hydrogen-bond acceptors (Lipinski definition) is 5. The van der Waals surface area contributed by atoms with Gasteiger partial charge in [-0.1, -0.05) is 0 Å². The van der Waals surface area contributed by atoms with Crippen molar-refractivity contribution in [2.24, 2.45) is 0 Å². The second-order valence-corrected chi connectivity index (χ2v) is 7.47. The van der Waals surface area contributed by atoms with E-state index >= 15 is 0 Å². The number of halogens is 1. The number of hydrogen-bond donors (Lipinski definition) is 1. The molecule has 1 fully saturated rings. The van der Waals surface area contributed by atoms with Crippen LogP contribution in [0, 0.1) is 12.7 Å². The molecular formula is C20H21FN6O. The molecule has 1 N–H and O–H groups in total. The molecule has 144 valence electrons. The predicted molar refractivity (Wildman–Crippen MR) is 105 cm³/mol. The maximum Gasteiger partial charge on any atom is 0.241 e. The lowest BCUT2D eigenvalue weighted by Gasteiger charge is -2.26. The summed E-state index contributed by atoms with van der Waals surface area (Å²) in [7, 11) is 0. The van der Waals surface area contributed by atoms with Crippen molar-refractivity contribution in [1.29, 1.82) is 0 Å². The van der Waals surface area contributed by atoms with Crippen LogP contribution < -0.4 is 5.32 Å². The Balaban J connectivity index is 1.61. The van der Waals surface area contributed by atoms with Gasteiger partial charge in [-0.25, -0.2) is 18.9 Å². The van der Waals surface area contributed by atoms with Crippen molar-refractivity contribution in [3.8, 4) is 11.1 Å². The van der Waals surface area contributed by atoms with Gasteiger partial charge >= 0.3 is 0 Å². The Labute approximate surface area is 161 Å². The van der Waals surface area contributed by atoms with Gasteiger partial charge in [-0.2, -0.15) is 0 Å². The van der Waals surface area contributed by atoms with Crippen LogP contribution in [-0.4, -0.2) is 43.4 Å². The minimum absolute atomic E-state index is 0.192. The number of rotatable bonds is 4. The number of ether oxygens (including phenoxy) is 1. The molecule has 4 heterocycles. The highest BCUT2D eigenvalue weighted by molar-refractivity contribution is 5.88. The molecule has 0 spiro atoms. The van der Waals surface area contributed by atoms with Crippen LogP contribution in [0.25, 0.3) is 27.7 Å². The van der Waals surface area contributed by atoms with Crippen molar-refractivity contribution in [2.45, 2.75) is 32.9 Å². The molecule has 1 aliphatic rings. The molecule has 1 aromatic carbocycles. The summed E-state index contributed by atoms with van der Waals surface area (Å²) in [6.45, 7) is 7.38. The van der Waals surface area contributed by atoms with E-state index in [0.29, 0.717) is 24.7 Å². The van der Waals surface area contributed by atoms with Crippen LogP contribution in [0.2, 0.25) is 0 Å². The molecule has 0 aliphatic carbocycles. The zero-order valence-corrected chi connectivity index (χ0v) is 16.0. The third-order valence-corrected chi connectivity index (χ3v) is 5.14. The van der Waals surface area contributed by atoms with Gasteiger partial charge in [-0.15, -0.1) is 5.10 Å². The summed E-state index contributed by atoms with van der Waals surface area (Å²) in [5, 5.41) is 7.74. The van der Waals surface area contributed by atoms with E-state index in [1.807, 2.05) is 25.3 Å². The van der Waals surface area contributed by atoms with Crippen LogP contribution in [-0.2, 0) is 4.74 Å². The molecule has 0 atom stereocenters. The topological polar surface area (TPSA) is 69.3 Å². The van der Waals surface area contributed by atoms with Gasteiger partial charge in [-0.3, -0.25) is 0 Å². The van der Waals surface area contributed by atoms with E-state index < -0.39 is 0 Å². The van der Waals surface area contributed by atoms with Crippen molar-refractivity contribution >= 4 is 22.5 Å². The Morgan fingerprint density at radius 3 is 2.79 bits per heavy atom. The average molecular weight is 380 g/mol. The van der Waals surface area contributed by atoms with Gasteiger partial charge in [-0.05, 0) is 44.5 Å². The number of imidazole rings is 1. The third-order valence-electron chi connectivity index (χ3n) is 5.14. The zero-order chi connectivity index (χ0) is 19.4. The Hall–Kier alpha value is -3.00. The van der Waals surface area contributed by atoms with Crippen molar-refractivity contribution in [3.63, 3.8) is 0 Å². The van der Waals surface area contributed by atoms with E-state index in [-0.39, 0.29) is 17.9 Å². The van der Waals surface area contributed by atoms with Gasteiger partial charge < -0.3 is 14.6 Å². The maximum atomic E-state index is 14.8. The lowest BCUT2D eigenvalue weighted by Crippen LogP contribution is -2.40. The molecule has 1 saturated heterocycles.